The smallest absolute Gasteiger partial charge is 0.180 e. The van der Waals surface area contributed by atoms with E-state index in [0.717, 1.165) is 0 Å². The van der Waals surface area contributed by atoms with Crippen molar-refractivity contribution in [3.05, 3.63) is 54.7 Å². The van der Waals surface area contributed by atoms with E-state index in [4.69, 9.17) is 0 Å². The summed E-state index contributed by atoms with van der Waals surface area (Å²) in [7, 11) is 0. The van der Waals surface area contributed by atoms with E-state index >= 15 is 0 Å². The first-order valence-electron chi connectivity index (χ1n) is 6.78. The largest absolute Gasteiger partial charge is 0.452 e. The zero-order chi connectivity index (χ0) is 14.8. The van der Waals surface area contributed by atoms with Gasteiger partial charge < -0.3 is 14.7 Å². The summed E-state index contributed by atoms with van der Waals surface area (Å²) in [6, 6.07) is 0. The number of rotatable bonds is 0. The van der Waals surface area contributed by atoms with E-state index in [9.17, 15) is 0 Å². The number of thiazole rings is 1. The molecule has 114 valence electrons. The normalized spacial score (nSPS) is 12.6. The average molecular weight is 307 g/mol. The van der Waals surface area contributed by atoms with Crippen molar-refractivity contribution in [2.75, 3.05) is 13.1 Å². The summed E-state index contributed by atoms with van der Waals surface area (Å²) in [5, 5.41) is 5.22. The summed E-state index contributed by atoms with van der Waals surface area (Å²) in [6.07, 6.45) is 15.5. The number of aromatic amines is 1. The van der Waals surface area contributed by atoms with Gasteiger partial charge in [0.05, 0.1) is 18.0 Å². The predicted octanol–water partition coefficient (Wildman–Crippen LogP) is 2.99. The summed E-state index contributed by atoms with van der Waals surface area (Å²) < 4.78 is 4.47. The number of oxazole rings is 1. The monoisotopic (exact) mass is 307 g/mol. The van der Waals surface area contributed by atoms with Crippen molar-refractivity contribution >= 4 is 11.3 Å². The van der Waals surface area contributed by atoms with Gasteiger partial charge in [-0.3, -0.25) is 4.98 Å². The van der Waals surface area contributed by atoms with Crippen LogP contribution in [0, 0.1) is 0 Å². The van der Waals surface area contributed by atoms with Gasteiger partial charge in [-0.1, -0.05) is 6.42 Å². The Morgan fingerprint density at radius 3 is 2.05 bits per heavy atom. The Hall–Kier alpha value is -1.99. The molecule has 0 spiro atoms. The molecule has 21 heavy (non-hydrogen) atoms. The van der Waals surface area contributed by atoms with Gasteiger partial charge in [0.25, 0.3) is 0 Å². The minimum absolute atomic E-state index is 1.25. The third kappa shape index (κ3) is 12.8. The quantitative estimate of drug-likeness (QED) is 0.667. The van der Waals surface area contributed by atoms with E-state index in [1.165, 1.54) is 45.0 Å². The standard InChI is InChI=1S/C5H11N.C3H4N2.C3H3NO.C3H3NS/c1-2-4-6-5-3-1;3*1-2-5-3-4-1/h6H,1-5H2;1-3H,(H,4,5);2*1-3H. The van der Waals surface area contributed by atoms with Crippen LogP contribution in [0.3, 0.4) is 0 Å². The van der Waals surface area contributed by atoms with Gasteiger partial charge in [-0.15, -0.1) is 11.3 Å². The topological polar surface area (TPSA) is 79.6 Å². The molecule has 2 N–H and O–H groups in total. The molecule has 0 aliphatic carbocycles. The summed E-state index contributed by atoms with van der Waals surface area (Å²) >= 11 is 1.60. The van der Waals surface area contributed by atoms with E-state index in [1.54, 1.807) is 48.0 Å². The molecule has 0 bridgehead atoms. The second-order valence-electron chi connectivity index (χ2n) is 3.92. The molecule has 4 rings (SSSR count). The van der Waals surface area contributed by atoms with Crippen molar-refractivity contribution in [2.45, 2.75) is 19.3 Å². The van der Waals surface area contributed by atoms with Gasteiger partial charge in [0.2, 0.25) is 0 Å². The molecule has 0 radical (unpaired) electrons. The van der Waals surface area contributed by atoms with Gasteiger partial charge in [0.1, 0.15) is 6.26 Å². The van der Waals surface area contributed by atoms with Crippen LogP contribution in [0.4, 0.5) is 0 Å². The Morgan fingerprint density at radius 2 is 1.86 bits per heavy atom. The molecular formula is C14H21N5OS. The molecule has 1 aliphatic rings. The lowest BCUT2D eigenvalue weighted by Crippen LogP contribution is -2.21. The number of H-pyrrole nitrogens is 1. The van der Waals surface area contributed by atoms with Crippen LogP contribution < -0.4 is 5.32 Å². The van der Waals surface area contributed by atoms with Gasteiger partial charge >= 0.3 is 0 Å². The molecule has 6 nitrogen and oxygen atoms in total. The summed E-state index contributed by atoms with van der Waals surface area (Å²) in [5.74, 6) is 0. The molecule has 1 fully saturated rings. The van der Waals surface area contributed by atoms with Gasteiger partial charge in [-0.25, -0.2) is 9.97 Å². The lowest BCUT2D eigenvalue weighted by atomic mass is 10.2. The maximum absolute atomic E-state index is 4.47. The molecular weight excluding hydrogens is 286 g/mol. The highest BCUT2D eigenvalue weighted by Gasteiger charge is 1.93. The fraction of sp³-hybridized carbons (Fsp3) is 0.357. The molecule has 7 heteroatoms. The van der Waals surface area contributed by atoms with Crippen molar-refractivity contribution in [1.29, 1.82) is 0 Å². The molecule has 0 amide bonds. The number of piperidine rings is 1. The van der Waals surface area contributed by atoms with Gasteiger partial charge in [0.15, 0.2) is 6.39 Å². The third-order valence-corrected chi connectivity index (χ3v) is 2.83. The van der Waals surface area contributed by atoms with E-state index in [2.05, 4.69) is 29.7 Å². The third-order valence-electron chi connectivity index (χ3n) is 2.31. The number of nitrogens with zero attached hydrogens (tertiary/aromatic N) is 3. The Kier molecular flexibility index (Phi) is 11.7. The van der Waals surface area contributed by atoms with Crippen LogP contribution in [0.25, 0.3) is 0 Å². The van der Waals surface area contributed by atoms with Crippen molar-refractivity contribution < 1.29 is 4.42 Å². The molecule has 3 aromatic rings. The van der Waals surface area contributed by atoms with Crippen molar-refractivity contribution in [1.82, 2.24) is 25.3 Å². The molecule has 0 saturated carbocycles. The molecule has 1 aliphatic heterocycles. The Bertz CT molecular complexity index is 326. The van der Waals surface area contributed by atoms with E-state index in [1.807, 2.05) is 5.38 Å². The minimum atomic E-state index is 1.25. The highest BCUT2D eigenvalue weighted by Crippen LogP contribution is 1.96. The van der Waals surface area contributed by atoms with Crippen LogP contribution in [-0.4, -0.2) is 33.0 Å². The lowest BCUT2D eigenvalue weighted by molar-refractivity contribution is 0.520. The lowest BCUT2D eigenvalue weighted by Gasteiger charge is -2.08. The molecule has 0 unspecified atom stereocenters. The second kappa shape index (κ2) is 14.4. The van der Waals surface area contributed by atoms with E-state index < -0.39 is 0 Å². The zero-order valence-corrected chi connectivity index (χ0v) is 12.7. The van der Waals surface area contributed by atoms with Crippen LogP contribution in [0.2, 0.25) is 0 Å². The molecule has 0 aromatic carbocycles. The second-order valence-corrected chi connectivity index (χ2v) is 4.68. The molecule has 4 heterocycles. The Balaban J connectivity index is 0.000000140. The maximum Gasteiger partial charge on any atom is 0.180 e. The van der Waals surface area contributed by atoms with Crippen molar-refractivity contribution in [3.63, 3.8) is 0 Å². The van der Waals surface area contributed by atoms with E-state index in [-0.39, 0.29) is 0 Å². The number of hydrogen-bond acceptors (Lipinski definition) is 6. The molecule has 1 saturated heterocycles. The fourth-order valence-corrected chi connectivity index (χ4v) is 1.72. The first kappa shape index (κ1) is 17.1. The van der Waals surface area contributed by atoms with Crippen molar-refractivity contribution in [2.24, 2.45) is 0 Å². The maximum atomic E-state index is 4.47. The first-order valence-corrected chi connectivity index (χ1v) is 7.72. The van der Waals surface area contributed by atoms with Crippen LogP contribution in [-0.2, 0) is 0 Å². The zero-order valence-electron chi connectivity index (χ0n) is 11.9. The number of aromatic nitrogens is 4. The van der Waals surface area contributed by atoms with Crippen LogP contribution in [0.1, 0.15) is 19.3 Å². The average Bonchev–Trinajstić information content (AvgIpc) is 3.38. The highest BCUT2D eigenvalue weighted by molar-refractivity contribution is 7.07. The number of nitrogens with one attached hydrogen (secondary N) is 2. The van der Waals surface area contributed by atoms with Crippen LogP contribution in [0.5, 0.6) is 0 Å². The van der Waals surface area contributed by atoms with Gasteiger partial charge in [0, 0.05) is 24.0 Å². The summed E-state index contributed by atoms with van der Waals surface area (Å²) in [4.78, 5) is 13.7. The van der Waals surface area contributed by atoms with Crippen molar-refractivity contribution in [3.8, 4) is 0 Å². The SMILES string of the molecule is C1CCNCC1.c1c[nH]cn1.c1cocn1.c1cscn1. The summed E-state index contributed by atoms with van der Waals surface area (Å²) in [6.45, 7) is 2.50. The Labute approximate surface area is 128 Å². The van der Waals surface area contributed by atoms with Crippen LogP contribution in [0.15, 0.2) is 59.1 Å². The molecule has 0 atom stereocenters. The first-order chi connectivity index (χ1) is 10.5. The summed E-state index contributed by atoms with van der Waals surface area (Å²) in [5.41, 5.74) is 1.79. The van der Waals surface area contributed by atoms with Gasteiger partial charge in [-0.05, 0) is 25.9 Å². The van der Waals surface area contributed by atoms with Crippen LogP contribution >= 0.6 is 11.3 Å². The minimum Gasteiger partial charge on any atom is -0.452 e. The van der Waals surface area contributed by atoms with Gasteiger partial charge in [-0.2, -0.15) is 0 Å². The number of imidazole rings is 1. The Morgan fingerprint density at radius 1 is 0.952 bits per heavy atom. The fourth-order valence-electron chi connectivity index (χ4n) is 1.37. The number of hydrogen-bond donors (Lipinski definition) is 2. The molecule has 3 aromatic heterocycles. The van der Waals surface area contributed by atoms with E-state index in [0.29, 0.717) is 0 Å². The predicted molar refractivity (Wildman–Crippen MR) is 83.9 cm³/mol. The highest BCUT2D eigenvalue weighted by atomic mass is 32.1.